The standard InChI is InChI=1S/C15H13FN2O2S2/c1-18-14(19)10-5-6-21-13(10)17-15(18)22-8-9-3-4-12(20-2)11(16)7-9/h3-7H,8H2,1-2H3. The van der Waals surface area contributed by atoms with Crippen LogP contribution >= 0.6 is 23.1 Å². The van der Waals surface area contributed by atoms with Gasteiger partial charge in [-0.3, -0.25) is 9.36 Å². The second kappa shape index (κ2) is 6.10. The van der Waals surface area contributed by atoms with Gasteiger partial charge in [-0.25, -0.2) is 9.37 Å². The molecule has 0 aliphatic heterocycles. The van der Waals surface area contributed by atoms with Gasteiger partial charge in [0.05, 0.1) is 12.5 Å². The molecule has 2 heterocycles. The SMILES string of the molecule is COc1ccc(CSc2nc3sccc3c(=O)n2C)cc1F. The Balaban J connectivity index is 1.86. The lowest BCUT2D eigenvalue weighted by molar-refractivity contribution is 0.386. The van der Waals surface area contributed by atoms with E-state index in [1.165, 1.54) is 40.8 Å². The third-order valence-electron chi connectivity index (χ3n) is 3.25. The average Bonchev–Trinajstić information content (AvgIpc) is 2.98. The van der Waals surface area contributed by atoms with E-state index in [-0.39, 0.29) is 11.3 Å². The predicted molar refractivity (Wildman–Crippen MR) is 87.4 cm³/mol. The summed E-state index contributed by atoms with van der Waals surface area (Å²) in [6.07, 6.45) is 0. The number of benzene rings is 1. The number of aromatic nitrogens is 2. The quantitative estimate of drug-likeness (QED) is 0.541. The number of thioether (sulfide) groups is 1. The number of methoxy groups -OCH3 is 1. The van der Waals surface area contributed by atoms with E-state index in [0.717, 1.165) is 10.4 Å². The fourth-order valence-corrected chi connectivity index (χ4v) is 3.78. The van der Waals surface area contributed by atoms with Gasteiger partial charge in [0, 0.05) is 12.8 Å². The first-order valence-corrected chi connectivity index (χ1v) is 8.36. The summed E-state index contributed by atoms with van der Waals surface area (Å²) in [4.78, 5) is 17.4. The van der Waals surface area contributed by atoms with Crippen LogP contribution in [-0.4, -0.2) is 16.7 Å². The van der Waals surface area contributed by atoms with E-state index in [0.29, 0.717) is 16.3 Å². The van der Waals surface area contributed by atoms with Crippen LogP contribution in [0.15, 0.2) is 39.6 Å². The molecule has 114 valence electrons. The molecule has 0 amide bonds. The lowest BCUT2D eigenvalue weighted by Gasteiger charge is -2.08. The highest BCUT2D eigenvalue weighted by Gasteiger charge is 2.10. The van der Waals surface area contributed by atoms with Gasteiger partial charge >= 0.3 is 0 Å². The first-order chi connectivity index (χ1) is 10.6. The highest BCUT2D eigenvalue weighted by atomic mass is 32.2. The van der Waals surface area contributed by atoms with Crippen LogP contribution in [-0.2, 0) is 12.8 Å². The Kier molecular flexibility index (Phi) is 4.17. The molecule has 0 aliphatic rings. The third-order valence-corrected chi connectivity index (χ3v) is 5.16. The molecule has 0 bridgehead atoms. The largest absolute Gasteiger partial charge is 0.494 e. The van der Waals surface area contributed by atoms with Gasteiger partial charge < -0.3 is 4.74 Å². The van der Waals surface area contributed by atoms with Gasteiger partial charge in [-0.1, -0.05) is 17.8 Å². The number of hydrogen-bond donors (Lipinski definition) is 0. The molecule has 0 unspecified atom stereocenters. The van der Waals surface area contributed by atoms with Crippen molar-refractivity contribution in [2.45, 2.75) is 10.9 Å². The summed E-state index contributed by atoms with van der Waals surface area (Å²) in [6, 6.07) is 6.62. The van der Waals surface area contributed by atoms with E-state index in [1.807, 2.05) is 5.38 Å². The van der Waals surface area contributed by atoms with Crippen molar-refractivity contribution in [2.24, 2.45) is 7.05 Å². The van der Waals surface area contributed by atoms with Crippen molar-refractivity contribution in [3.63, 3.8) is 0 Å². The highest BCUT2D eigenvalue weighted by molar-refractivity contribution is 7.98. The number of ether oxygens (including phenoxy) is 1. The van der Waals surface area contributed by atoms with Crippen molar-refractivity contribution in [3.8, 4) is 5.75 Å². The maximum absolute atomic E-state index is 13.7. The van der Waals surface area contributed by atoms with Crippen LogP contribution in [0.3, 0.4) is 0 Å². The molecule has 0 fully saturated rings. The molecular weight excluding hydrogens is 323 g/mol. The topological polar surface area (TPSA) is 44.1 Å². The second-order valence-electron chi connectivity index (χ2n) is 4.66. The molecule has 0 N–H and O–H groups in total. The molecule has 0 radical (unpaired) electrons. The van der Waals surface area contributed by atoms with Crippen molar-refractivity contribution in [1.82, 2.24) is 9.55 Å². The summed E-state index contributed by atoms with van der Waals surface area (Å²) in [5.74, 6) is 0.355. The van der Waals surface area contributed by atoms with E-state index >= 15 is 0 Å². The fourth-order valence-electron chi connectivity index (χ4n) is 2.06. The van der Waals surface area contributed by atoms with Crippen LogP contribution in [0.2, 0.25) is 0 Å². The number of nitrogens with zero attached hydrogens (tertiary/aromatic N) is 2. The first kappa shape index (κ1) is 15.1. The minimum Gasteiger partial charge on any atom is -0.494 e. The van der Waals surface area contributed by atoms with Crippen molar-refractivity contribution >= 4 is 33.3 Å². The van der Waals surface area contributed by atoms with Gasteiger partial charge in [0.2, 0.25) is 0 Å². The summed E-state index contributed by atoms with van der Waals surface area (Å²) < 4.78 is 20.1. The zero-order chi connectivity index (χ0) is 15.7. The zero-order valence-electron chi connectivity index (χ0n) is 12.0. The molecule has 22 heavy (non-hydrogen) atoms. The van der Waals surface area contributed by atoms with E-state index in [4.69, 9.17) is 4.74 Å². The molecule has 4 nitrogen and oxygen atoms in total. The van der Waals surface area contributed by atoms with Crippen LogP contribution < -0.4 is 10.3 Å². The molecule has 0 atom stereocenters. The Morgan fingerprint density at radius 3 is 2.95 bits per heavy atom. The predicted octanol–water partition coefficient (Wildman–Crippen LogP) is 3.44. The molecule has 3 aromatic rings. The van der Waals surface area contributed by atoms with Crippen LogP contribution in [0.25, 0.3) is 10.2 Å². The van der Waals surface area contributed by atoms with E-state index < -0.39 is 5.82 Å². The summed E-state index contributed by atoms with van der Waals surface area (Å²) in [6.45, 7) is 0. The van der Waals surface area contributed by atoms with E-state index in [9.17, 15) is 9.18 Å². The van der Waals surface area contributed by atoms with Crippen LogP contribution in [0.4, 0.5) is 4.39 Å². The summed E-state index contributed by atoms with van der Waals surface area (Å²) >= 11 is 2.84. The van der Waals surface area contributed by atoms with Crippen molar-refractivity contribution in [3.05, 3.63) is 51.4 Å². The Bertz CT molecular complexity index is 889. The molecule has 0 aliphatic carbocycles. The van der Waals surface area contributed by atoms with Crippen LogP contribution in [0, 0.1) is 5.82 Å². The van der Waals surface area contributed by atoms with Crippen LogP contribution in [0.1, 0.15) is 5.56 Å². The summed E-state index contributed by atoms with van der Waals surface area (Å²) in [7, 11) is 3.13. The van der Waals surface area contributed by atoms with E-state index in [2.05, 4.69) is 4.98 Å². The lowest BCUT2D eigenvalue weighted by Crippen LogP contribution is -2.19. The highest BCUT2D eigenvalue weighted by Crippen LogP contribution is 2.25. The lowest BCUT2D eigenvalue weighted by atomic mass is 10.2. The number of halogens is 1. The Morgan fingerprint density at radius 1 is 1.41 bits per heavy atom. The fraction of sp³-hybridized carbons (Fsp3) is 0.200. The first-order valence-electron chi connectivity index (χ1n) is 6.49. The van der Waals surface area contributed by atoms with Gasteiger partial charge in [-0.15, -0.1) is 11.3 Å². The number of thiophene rings is 1. The summed E-state index contributed by atoms with van der Waals surface area (Å²) in [5, 5.41) is 3.11. The van der Waals surface area contributed by atoms with Gasteiger partial charge in [0.1, 0.15) is 4.83 Å². The van der Waals surface area contributed by atoms with Crippen molar-refractivity contribution in [1.29, 1.82) is 0 Å². The molecule has 3 rings (SSSR count). The monoisotopic (exact) mass is 336 g/mol. The normalized spacial score (nSPS) is 11.0. The molecule has 1 aromatic carbocycles. The van der Waals surface area contributed by atoms with Gasteiger partial charge in [0.15, 0.2) is 16.7 Å². The van der Waals surface area contributed by atoms with Crippen LogP contribution in [0.5, 0.6) is 5.75 Å². The molecule has 0 saturated carbocycles. The molecule has 0 saturated heterocycles. The smallest absolute Gasteiger partial charge is 0.262 e. The van der Waals surface area contributed by atoms with Crippen molar-refractivity contribution in [2.75, 3.05) is 7.11 Å². The Labute approximate surface area is 134 Å². The number of fused-ring (bicyclic) bond motifs is 1. The molecular formula is C15H13FN2O2S2. The minimum absolute atomic E-state index is 0.0605. The average molecular weight is 336 g/mol. The molecule has 7 heteroatoms. The Hall–Kier alpha value is -1.86. The third kappa shape index (κ3) is 2.74. The zero-order valence-corrected chi connectivity index (χ0v) is 13.6. The van der Waals surface area contributed by atoms with Gasteiger partial charge in [-0.2, -0.15) is 0 Å². The Morgan fingerprint density at radius 2 is 2.23 bits per heavy atom. The van der Waals surface area contributed by atoms with E-state index in [1.54, 1.807) is 25.2 Å². The molecule has 2 aromatic heterocycles. The number of hydrogen-bond acceptors (Lipinski definition) is 5. The van der Waals surface area contributed by atoms with Gasteiger partial charge in [0.25, 0.3) is 5.56 Å². The summed E-state index contributed by atoms with van der Waals surface area (Å²) in [5.41, 5.74) is 0.749. The maximum atomic E-state index is 13.7. The second-order valence-corrected chi connectivity index (χ2v) is 6.49. The minimum atomic E-state index is -0.392. The van der Waals surface area contributed by atoms with Crippen molar-refractivity contribution < 1.29 is 9.13 Å². The molecule has 0 spiro atoms. The van der Waals surface area contributed by atoms with Gasteiger partial charge in [-0.05, 0) is 29.1 Å². The number of rotatable bonds is 4. The maximum Gasteiger partial charge on any atom is 0.262 e.